The topological polar surface area (TPSA) is 80.9 Å². The lowest BCUT2D eigenvalue weighted by Crippen LogP contribution is -1.98. The highest BCUT2D eigenvalue weighted by Crippen LogP contribution is 2.40. The molecule has 0 aromatic heterocycles. The number of hydrogen-bond donors (Lipinski definition) is 4. The first-order valence-electron chi connectivity index (χ1n) is 10.4. The quantitative estimate of drug-likeness (QED) is 0.415. The summed E-state index contributed by atoms with van der Waals surface area (Å²) in [6, 6.07) is 4.93. The minimum Gasteiger partial charge on any atom is -0.508 e. The Morgan fingerprint density at radius 1 is 0.552 bits per heavy atom. The maximum Gasteiger partial charge on any atom is 0.123 e. The molecule has 4 nitrogen and oxygen atoms in total. The Bertz CT molecular complexity index is 804. The van der Waals surface area contributed by atoms with Crippen LogP contribution >= 0.6 is 0 Å². The van der Waals surface area contributed by atoms with Crippen molar-refractivity contribution in [1.82, 2.24) is 0 Å². The second kappa shape index (κ2) is 9.91. The molecule has 0 saturated heterocycles. The highest BCUT2D eigenvalue weighted by atomic mass is 16.3. The van der Waals surface area contributed by atoms with E-state index in [4.69, 9.17) is 0 Å². The first kappa shape index (κ1) is 24.7. The number of hydrogen-bond acceptors (Lipinski definition) is 4. The van der Waals surface area contributed by atoms with E-state index in [1.165, 1.54) is 0 Å². The summed E-state index contributed by atoms with van der Waals surface area (Å²) in [5.41, 5.74) is 4.09. The molecule has 0 aliphatic rings. The van der Waals surface area contributed by atoms with Gasteiger partial charge in [0, 0.05) is 22.3 Å². The van der Waals surface area contributed by atoms with E-state index in [1.807, 2.05) is 62.3 Å². The molecule has 0 saturated carbocycles. The van der Waals surface area contributed by atoms with Crippen molar-refractivity contribution in [2.75, 3.05) is 0 Å². The fourth-order valence-corrected chi connectivity index (χ4v) is 3.49. The Labute approximate surface area is 175 Å². The molecule has 2 aromatic carbocycles. The number of rotatable bonds is 4. The molecule has 4 heteroatoms. The predicted octanol–water partition coefficient (Wildman–Crippen LogP) is 7.00. The van der Waals surface area contributed by atoms with Crippen LogP contribution in [0.1, 0.15) is 107 Å². The van der Waals surface area contributed by atoms with Crippen LogP contribution < -0.4 is 0 Å². The summed E-state index contributed by atoms with van der Waals surface area (Å²) in [7, 11) is 0. The lowest BCUT2D eigenvalue weighted by Gasteiger charge is -2.18. The molecule has 0 fully saturated rings. The monoisotopic (exact) mass is 402 g/mol. The van der Waals surface area contributed by atoms with Crippen molar-refractivity contribution >= 4 is 0 Å². The van der Waals surface area contributed by atoms with Crippen molar-refractivity contribution in [2.45, 2.75) is 86.0 Å². The Morgan fingerprint density at radius 3 is 1.28 bits per heavy atom. The summed E-state index contributed by atoms with van der Waals surface area (Å²) >= 11 is 0. The van der Waals surface area contributed by atoms with Crippen LogP contribution in [0.15, 0.2) is 18.2 Å². The Kier molecular flexibility index (Phi) is 8.43. The van der Waals surface area contributed by atoms with E-state index in [1.54, 1.807) is 18.2 Å². The van der Waals surface area contributed by atoms with Gasteiger partial charge in [0.25, 0.3) is 0 Å². The Hall–Kier alpha value is -2.36. The molecule has 0 aliphatic carbocycles. The van der Waals surface area contributed by atoms with Gasteiger partial charge in [-0.2, -0.15) is 0 Å². The van der Waals surface area contributed by atoms with Gasteiger partial charge < -0.3 is 20.4 Å². The standard InChI is InChI=1S/C13H20O2.C12H18O2/c1-7(2)10-6-11(14)9(5)12(8(3)4)13(10)15;1-7(2)10-5-9(13)6-11(8(3)4)12(10)14/h6-8,14-15H,1-5H3;5-8,13-14H,1-4H3. The van der Waals surface area contributed by atoms with E-state index in [9.17, 15) is 20.4 Å². The van der Waals surface area contributed by atoms with Crippen LogP contribution in [0, 0.1) is 6.92 Å². The third-order valence-electron chi connectivity index (χ3n) is 5.21. The number of phenolic OH excluding ortho intramolecular Hbond substituents is 4. The van der Waals surface area contributed by atoms with Crippen LogP contribution in [0.5, 0.6) is 23.0 Å². The zero-order valence-corrected chi connectivity index (χ0v) is 19.3. The van der Waals surface area contributed by atoms with Gasteiger partial charge in [-0.1, -0.05) is 55.4 Å². The molecule has 2 aromatic rings. The zero-order valence-electron chi connectivity index (χ0n) is 19.3. The molecule has 0 atom stereocenters. The molecule has 0 bridgehead atoms. The molecule has 2 rings (SSSR count). The molecular weight excluding hydrogens is 364 g/mol. The molecule has 0 spiro atoms. The molecule has 0 heterocycles. The number of aromatic hydroxyl groups is 4. The van der Waals surface area contributed by atoms with Crippen molar-refractivity contribution in [3.05, 3.63) is 46.0 Å². The second-order valence-electron chi connectivity index (χ2n) is 8.96. The van der Waals surface area contributed by atoms with Crippen LogP contribution in [-0.4, -0.2) is 20.4 Å². The molecule has 0 amide bonds. The van der Waals surface area contributed by atoms with E-state index in [0.29, 0.717) is 11.5 Å². The highest BCUT2D eigenvalue weighted by molar-refractivity contribution is 5.54. The number of phenols is 4. The average Bonchev–Trinajstić information content (AvgIpc) is 2.59. The van der Waals surface area contributed by atoms with Crippen LogP contribution in [-0.2, 0) is 0 Å². The smallest absolute Gasteiger partial charge is 0.123 e. The molecule has 29 heavy (non-hydrogen) atoms. The fraction of sp³-hybridized carbons (Fsp3) is 0.520. The fourth-order valence-electron chi connectivity index (χ4n) is 3.49. The van der Waals surface area contributed by atoms with Crippen LogP contribution in [0.25, 0.3) is 0 Å². The summed E-state index contributed by atoms with van der Waals surface area (Å²) in [6.07, 6.45) is 0. The van der Waals surface area contributed by atoms with Gasteiger partial charge >= 0.3 is 0 Å². The summed E-state index contributed by atoms with van der Waals surface area (Å²) in [4.78, 5) is 0. The highest BCUT2D eigenvalue weighted by Gasteiger charge is 2.18. The predicted molar refractivity (Wildman–Crippen MR) is 121 cm³/mol. The number of benzene rings is 2. The third kappa shape index (κ3) is 5.81. The van der Waals surface area contributed by atoms with E-state index < -0.39 is 0 Å². The maximum absolute atomic E-state index is 10.1. The minimum absolute atomic E-state index is 0.217. The lowest BCUT2D eigenvalue weighted by atomic mass is 9.90. The van der Waals surface area contributed by atoms with Crippen LogP contribution in [0.3, 0.4) is 0 Å². The molecule has 0 unspecified atom stereocenters. The third-order valence-corrected chi connectivity index (χ3v) is 5.21. The van der Waals surface area contributed by atoms with Gasteiger partial charge in [0.05, 0.1) is 0 Å². The summed E-state index contributed by atoms with van der Waals surface area (Å²) in [5, 5.41) is 39.4. The van der Waals surface area contributed by atoms with E-state index in [0.717, 1.165) is 27.8 Å². The van der Waals surface area contributed by atoms with Gasteiger partial charge in [-0.15, -0.1) is 0 Å². The van der Waals surface area contributed by atoms with Gasteiger partial charge in [0.15, 0.2) is 0 Å². The van der Waals surface area contributed by atoms with Gasteiger partial charge in [0.1, 0.15) is 23.0 Å². The normalized spacial score (nSPS) is 11.3. The van der Waals surface area contributed by atoms with Crippen molar-refractivity contribution < 1.29 is 20.4 Å². The van der Waals surface area contributed by atoms with Gasteiger partial charge in [-0.3, -0.25) is 0 Å². The summed E-state index contributed by atoms with van der Waals surface area (Å²) < 4.78 is 0. The van der Waals surface area contributed by atoms with E-state index >= 15 is 0 Å². The Balaban J connectivity index is 0.000000291. The summed E-state index contributed by atoms with van der Waals surface area (Å²) in [5.74, 6) is 2.06. The molecule has 0 radical (unpaired) electrons. The van der Waals surface area contributed by atoms with Crippen LogP contribution in [0.2, 0.25) is 0 Å². The molecule has 0 aliphatic heterocycles. The van der Waals surface area contributed by atoms with E-state index in [-0.39, 0.29) is 35.2 Å². The van der Waals surface area contributed by atoms with Crippen LogP contribution in [0.4, 0.5) is 0 Å². The minimum atomic E-state index is 0.217. The SMILES string of the molecule is CC(C)c1cc(O)cc(C(C)C)c1O.Cc1c(O)cc(C(C)C)c(O)c1C(C)C. The first-order valence-corrected chi connectivity index (χ1v) is 10.4. The maximum atomic E-state index is 10.1. The molecule has 162 valence electrons. The van der Waals surface area contributed by atoms with Crippen molar-refractivity contribution in [2.24, 2.45) is 0 Å². The van der Waals surface area contributed by atoms with E-state index in [2.05, 4.69) is 0 Å². The Morgan fingerprint density at radius 2 is 0.931 bits per heavy atom. The molecular formula is C25H38O4. The molecule has 4 N–H and O–H groups in total. The first-order chi connectivity index (χ1) is 13.3. The lowest BCUT2D eigenvalue weighted by molar-refractivity contribution is 0.438. The summed E-state index contributed by atoms with van der Waals surface area (Å²) in [6.45, 7) is 17.9. The van der Waals surface area contributed by atoms with Crippen molar-refractivity contribution in [3.63, 3.8) is 0 Å². The largest absolute Gasteiger partial charge is 0.508 e. The zero-order chi connectivity index (χ0) is 22.6. The van der Waals surface area contributed by atoms with Gasteiger partial charge in [-0.25, -0.2) is 0 Å². The van der Waals surface area contributed by atoms with Gasteiger partial charge in [0.2, 0.25) is 0 Å². The van der Waals surface area contributed by atoms with Crippen molar-refractivity contribution in [3.8, 4) is 23.0 Å². The van der Waals surface area contributed by atoms with Crippen molar-refractivity contribution in [1.29, 1.82) is 0 Å². The second-order valence-corrected chi connectivity index (χ2v) is 8.96. The van der Waals surface area contributed by atoms with Gasteiger partial charge in [-0.05, 0) is 54.4 Å². The average molecular weight is 403 g/mol.